The van der Waals surface area contributed by atoms with Crippen LogP contribution in [0, 0.1) is 5.82 Å². The lowest BCUT2D eigenvalue weighted by molar-refractivity contribution is 0.555. The molecule has 0 saturated carbocycles. The SMILES string of the molecule is Cn1nccc1CCC(N)c1cc(Cl)ccc1F. The Labute approximate surface area is 110 Å². The van der Waals surface area contributed by atoms with E-state index in [9.17, 15) is 4.39 Å². The minimum absolute atomic E-state index is 0.308. The van der Waals surface area contributed by atoms with Crippen molar-refractivity contribution in [3.63, 3.8) is 0 Å². The zero-order valence-corrected chi connectivity index (χ0v) is 10.9. The number of aryl methyl sites for hydroxylation is 2. The molecule has 18 heavy (non-hydrogen) atoms. The van der Waals surface area contributed by atoms with E-state index in [1.807, 2.05) is 13.1 Å². The van der Waals surface area contributed by atoms with Crippen LogP contribution in [0.1, 0.15) is 23.7 Å². The molecule has 0 bridgehead atoms. The lowest BCUT2D eigenvalue weighted by Gasteiger charge is -2.13. The summed E-state index contributed by atoms with van der Waals surface area (Å²) < 4.78 is 15.4. The third-order valence-electron chi connectivity index (χ3n) is 2.99. The van der Waals surface area contributed by atoms with Crippen molar-refractivity contribution in [3.05, 3.63) is 52.6 Å². The summed E-state index contributed by atoms with van der Waals surface area (Å²) >= 11 is 5.85. The van der Waals surface area contributed by atoms with Crippen molar-refractivity contribution in [2.75, 3.05) is 0 Å². The summed E-state index contributed by atoms with van der Waals surface area (Å²) in [5, 5.41) is 4.58. The predicted molar refractivity (Wildman–Crippen MR) is 69.9 cm³/mol. The van der Waals surface area contributed by atoms with Crippen LogP contribution in [0.15, 0.2) is 30.5 Å². The summed E-state index contributed by atoms with van der Waals surface area (Å²) in [7, 11) is 1.88. The van der Waals surface area contributed by atoms with Gasteiger partial charge in [-0.1, -0.05) is 11.6 Å². The first-order valence-corrected chi connectivity index (χ1v) is 6.13. The Morgan fingerprint density at radius 3 is 2.89 bits per heavy atom. The van der Waals surface area contributed by atoms with Crippen molar-refractivity contribution in [2.45, 2.75) is 18.9 Å². The van der Waals surface area contributed by atoms with Gasteiger partial charge in [0.2, 0.25) is 0 Å². The Hall–Kier alpha value is -1.39. The first-order chi connectivity index (χ1) is 8.58. The van der Waals surface area contributed by atoms with E-state index in [0.717, 1.165) is 12.1 Å². The van der Waals surface area contributed by atoms with Crippen LogP contribution in [-0.2, 0) is 13.5 Å². The van der Waals surface area contributed by atoms with Crippen molar-refractivity contribution in [2.24, 2.45) is 12.8 Å². The molecule has 5 heteroatoms. The van der Waals surface area contributed by atoms with E-state index in [1.54, 1.807) is 16.9 Å². The second kappa shape index (κ2) is 5.50. The maximum absolute atomic E-state index is 13.6. The van der Waals surface area contributed by atoms with Crippen LogP contribution in [-0.4, -0.2) is 9.78 Å². The molecular weight excluding hydrogens is 253 g/mol. The van der Waals surface area contributed by atoms with Crippen molar-refractivity contribution < 1.29 is 4.39 Å². The van der Waals surface area contributed by atoms with Gasteiger partial charge in [0.1, 0.15) is 5.82 Å². The van der Waals surface area contributed by atoms with Crippen LogP contribution in [0.3, 0.4) is 0 Å². The zero-order chi connectivity index (χ0) is 13.1. The Bertz CT molecular complexity index is 539. The summed E-state index contributed by atoms with van der Waals surface area (Å²) in [4.78, 5) is 0. The van der Waals surface area contributed by atoms with E-state index in [4.69, 9.17) is 17.3 Å². The van der Waals surface area contributed by atoms with Gasteiger partial charge in [-0.3, -0.25) is 4.68 Å². The van der Waals surface area contributed by atoms with E-state index >= 15 is 0 Å². The third kappa shape index (κ3) is 2.89. The lowest BCUT2D eigenvalue weighted by Crippen LogP contribution is -2.14. The molecule has 2 aromatic rings. The van der Waals surface area contributed by atoms with E-state index in [1.165, 1.54) is 12.1 Å². The molecule has 1 unspecified atom stereocenters. The topological polar surface area (TPSA) is 43.8 Å². The monoisotopic (exact) mass is 267 g/mol. The molecule has 0 aliphatic carbocycles. The molecule has 96 valence electrons. The number of nitrogens with zero attached hydrogens (tertiary/aromatic N) is 2. The highest BCUT2D eigenvalue weighted by Gasteiger charge is 2.12. The Balaban J connectivity index is 2.06. The highest BCUT2D eigenvalue weighted by molar-refractivity contribution is 6.30. The fourth-order valence-corrected chi connectivity index (χ4v) is 2.08. The lowest BCUT2D eigenvalue weighted by atomic mass is 10.0. The number of benzene rings is 1. The molecule has 0 spiro atoms. The maximum Gasteiger partial charge on any atom is 0.128 e. The zero-order valence-electron chi connectivity index (χ0n) is 10.1. The summed E-state index contributed by atoms with van der Waals surface area (Å²) in [5.41, 5.74) is 7.54. The second-order valence-electron chi connectivity index (χ2n) is 4.26. The summed E-state index contributed by atoms with van der Waals surface area (Å²) in [6.45, 7) is 0. The minimum atomic E-state index is -0.362. The summed E-state index contributed by atoms with van der Waals surface area (Å²) in [6, 6.07) is 6.03. The van der Waals surface area contributed by atoms with Crippen LogP contribution in [0.4, 0.5) is 4.39 Å². The van der Waals surface area contributed by atoms with E-state index in [0.29, 0.717) is 17.0 Å². The number of rotatable bonds is 4. The van der Waals surface area contributed by atoms with Crippen LogP contribution in [0.5, 0.6) is 0 Å². The van der Waals surface area contributed by atoms with Gasteiger partial charge in [-0.25, -0.2) is 4.39 Å². The average molecular weight is 268 g/mol. The quantitative estimate of drug-likeness (QED) is 0.926. The van der Waals surface area contributed by atoms with Gasteiger partial charge in [0, 0.05) is 35.6 Å². The van der Waals surface area contributed by atoms with E-state index < -0.39 is 0 Å². The number of aromatic nitrogens is 2. The molecule has 1 aromatic heterocycles. The molecule has 1 aromatic carbocycles. The summed E-state index contributed by atoms with van der Waals surface area (Å²) in [5.74, 6) is -0.308. The number of halogens is 2. The Morgan fingerprint density at radius 2 is 2.22 bits per heavy atom. The Morgan fingerprint density at radius 1 is 1.44 bits per heavy atom. The largest absolute Gasteiger partial charge is 0.324 e. The summed E-state index contributed by atoms with van der Waals surface area (Å²) in [6.07, 6.45) is 3.14. The number of hydrogen-bond donors (Lipinski definition) is 1. The molecule has 0 saturated heterocycles. The molecular formula is C13H15ClFN3. The van der Waals surface area contributed by atoms with Gasteiger partial charge in [-0.05, 0) is 37.1 Å². The van der Waals surface area contributed by atoms with Gasteiger partial charge < -0.3 is 5.73 Å². The van der Waals surface area contributed by atoms with Crippen molar-refractivity contribution >= 4 is 11.6 Å². The Kier molecular flexibility index (Phi) is 3.99. The number of hydrogen-bond acceptors (Lipinski definition) is 2. The molecule has 1 heterocycles. The van der Waals surface area contributed by atoms with Crippen molar-refractivity contribution in [1.82, 2.24) is 9.78 Å². The molecule has 1 atom stereocenters. The molecule has 3 nitrogen and oxygen atoms in total. The van der Waals surface area contributed by atoms with E-state index in [-0.39, 0.29) is 11.9 Å². The molecule has 2 rings (SSSR count). The fraction of sp³-hybridized carbons (Fsp3) is 0.308. The third-order valence-corrected chi connectivity index (χ3v) is 3.23. The van der Waals surface area contributed by atoms with Gasteiger partial charge >= 0.3 is 0 Å². The predicted octanol–water partition coefficient (Wildman–Crippen LogP) is 2.85. The van der Waals surface area contributed by atoms with Crippen molar-refractivity contribution in [1.29, 1.82) is 0 Å². The van der Waals surface area contributed by atoms with Crippen molar-refractivity contribution in [3.8, 4) is 0 Å². The van der Waals surface area contributed by atoms with Gasteiger partial charge in [0.25, 0.3) is 0 Å². The molecule has 0 aliphatic rings. The first kappa shape index (κ1) is 13.1. The molecule has 0 amide bonds. The van der Waals surface area contributed by atoms with Crippen LogP contribution < -0.4 is 5.73 Å². The van der Waals surface area contributed by atoms with Crippen LogP contribution >= 0.6 is 11.6 Å². The molecule has 2 N–H and O–H groups in total. The van der Waals surface area contributed by atoms with Gasteiger partial charge in [-0.15, -0.1) is 0 Å². The molecule has 0 radical (unpaired) electrons. The maximum atomic E-state index is 13.6. The van der Waals surface area contributed by atoms with Gasteiger partial charge in [-0.2, -0.15) is 5.10 Å². The van der Waals surface area contributed by atoms with E-state index in [2.05, 4.69) is 5.10 Å². The number of nitrogens with two attached hydrogens (primary N) is 1. The standard InChI is InChI=1S/C13H15ClFN3/c1-18-10(6-7-17-18)3-5-13(16)11-8-9(14)2-4-12(11)15/h2,4,6-8,13H,3,5,16H2,1H3. The van der Waals surface area contributed by atoms with Gasteiger partial charge in [0.05, 0.1) is 0 Å². The highest BCUT2D eigenvalue weighted by atomic mass is 35.5. The first-order valence-electron chi connectivity index (χ1n) is 5.75. The molecule has 0 fully saturated rings. The molecule has 0 aliphatic heterocycles. The smallest absolute Gasteiger partial charge is 0.128 e. The van der Waals surface area contributed by atoms with Gasteiger partial charge in [0.15, 0.2) is 0 Å². The highest BCUT2D eigenvalue weighted by Crippen LogP contribution is 2.23. The second-order valence-corrected chi connectivity index (χ2v) is 4.69. The average Bonchev–Trinajstić information content (AvgIpc) is 2.75. The normalized spacial score (nSPS) is 12.7. The minimum Gasteiger partial charge on any atom is -0.324 e. The van der Waals surface area contributed by atoms with Crippen LogP contribution in [0.25, 0.3) is 0 Å². The fourth-order valence-electron chi connectivity index (χ4n) is 1.90. The van der Waals surface area contributed by atoms with Crippen LogP contribution in [0.2, 0.25) is 5.02 Å².